The Labute approximate surface area is 409 Å². The smallest absolute Gasteiger partial charge is 0.190 e. The van der Waals surface area contributed by atoms with Crippen molar-refractivity contribution in [3.05, 3.63) is 253 Å². The van der Waals surface area contributed by atoms with Gasteiger partial charge in [0.15, 0.2) is 5.69 Å². The molecule has 0 unspecified atom stereocenters. The van der Waals surface area contributed by atoms with Crippen LogP contribution in [0, 0.1) is 40.6 Å². The number of hydrogen-bond donors (Lipinski definition) is 0. The molecule has 0 aliphatic carbocycles. The van der Waals surface area contributed by atoms with E-state index in [1.807, 2.05) is 54.6 Å². The Hall–Kier alpha value is -10.4. The van der Waals surface area contributed by atoms with Gasteiger partial charge in [-0.3, -0.25) is 0 Å². The monoisotopic (exact) mass is 903 g/mol. The fourth-order valence-corrected chi connectivity index (χ4v) is 10.1. The quantitative estimate of drug-likeness (QED) is 0.142. The summed E-state index contributed by atoms with van der Waals surface area (Å²) in [6.07, 6.45) is 0. The van der Waals surface area contributed by atoms with Crippen molar-refractivity contribution in [2.75, 3.05) is 4.90 Å². The third-order valence-corrected chi connectivity index (χ3v) is 13.4. The van der Waals surface area contributed by atoms with E-state index in [-0.39, 0.29) is 0 Å². The highest BCUT2D eigenvalue weighted by Crippen LogP contribution is 2.43. The third kappa shape index (κ3) is 7.38. The van der Waals surface area contributed by atoms with Gasteiger partial charge in [-0.1, -0.05) is 127 Å². The molecule has 7 heteroatoms. The number of fused-ring (bicyclic) bond motifs is 6. The number of hydrogen-bond acceptors (Lipinski definition) is 4. The van der Waals surface area contributed by atoms with Gasteiger partial charge >= 0.3 is 0 Å². The molecule has 0 saturated carbocycles. The molecular weight excluding hydrogens is 867 g/mol. The Balaban J connectivity index is 0.991. The molecule has 0 atom stereocenters. The number of aromatic nitrogens is 2. The Kier molecular flexibility index (Phi) is 10.2. The molecule has 0 N–H and O–H groups in total. The molecular formula is C64H37N7. The summed E-state index contributed by atoms with van der Waals surface area (Å²) < 4.78 is 4.26. The zero-order chi connectivity index (χ0) is 48.0. The van der Waals surface area contributed by atoms with Crippen molar-refractivity contribution in [1.29, 1.82) is 15.8 Å². The van der Waals surface area contributed by atoms with E-state index in [2.05, 4.69) is 195 Å². The highest BCUT2D eigenvalue weighted by molar-refractivity contribution is 6.12. The number of benzene rings is 10. The van der Waals surface area contributed by atoms with E-state index in [1.54, 1.807) is 12.1 Å². The summed E-state index contributed by atoms with van der Waals surface area (Å²) in [5.74, 6) is 0. The van der Waals surface area contributed by atoms with Crippen LogP contribution in [-0.2, 0) is 0 Å². The van der Waals surface area contributed by atoms with Crippen LogP contribution in [0.1, 0.15) is 16.7 Å². The molecule has 10 aromatic carbocycles. The molecule has 0 saturated heterocycles. The van der Waals surface area contributed by atoms with Crippen molar-refractivity contribution in [1.82, 2.24) is 9.13 Å². The highest BCUT2D eigenvalue weighted by atomic mass is 15.1. The van der Waals surface area contributed by atoms with Crippen LogP contribution in [0.5, 0.6) is 0 Å². The van der Waals surface area contributed by atoms with Gasteiger partial charge in [0, 0.05) is 55.5 Å². The summed E-state index contributed by atoms with van der Waals surface area (Å²) >= 11 is 0. The fourth-order valence-electron chi connectivity index (χ4n) is 10.1. The molecule has 328 valence electrons. The molecule has 0 bridgehead atoms. The van der Waals surface area contributed by atoms with Crippen LogP contribution in [0.4, 0.5) is 22.7 Å². The Morgan fingerprint density at radius 3 is 1.15 bits per heavy atom. The first-order valence-electron chi connectivity index (χ1n) is 23.1. The molecule has 0 aliphatic heterocycles. The molecule has 0 spiro atoms. The lowest BCUT2D eigenvalue weighted by Crippen LogP contribution is -2.10. The topological polar surface area (TPSA) is 88.8 Å². The molecule has 71 heavy (non-hydrogen) atoms. The Morgan fingerprint density at radius 2 is 0.704 bits per heavy atom. The van der Waals surface area contributed by atoms with Crippen LogP contribution >= 0.6 is 0 Å². The maximum Gasteiger partial charge on any atom is 0.190 e. The fraction of sp³-hybridized carbons (Fsp3) is 0. The Morgan fingerprint density at radius 1 is 0.338 bits per heavy atom. The molecule has 12 rings (SSSR count). The SMILES string of the molecule is [C-]#[N+]c1cc(C#N)cc(-n2c3ccccc3c3cc(N(c4ccc(-c5ccc(-c6ccc(-c7ccccc7)cc6)cc5)cc4)c4ccc5c(c4)c4ccccc4n5-c4cc(C#N)cc(C#N)c4)ccc32)c1. The van der Waals surface area contributed by atoms with E-state index in [9.17, 15) is 15.8 Å². The first-order chi connectivity index (χ1) is 35.0. The van der Waals surface area contributed by atoms with E-state index in [1.165, 1.54) is 11.1 Å². The molecule has 2 heterocycles. The van der Waals surface area contributed by atoms with Gasteiger partial charge in [0.05, 0.1) is 58.0 Å². The number of rotatable bonds is 8. The molecule has 0 amide bonds. The van der Waals surface area contributed by atoms with E-state index in [0.29, 0.717) is 22.4 Å². The lowest BCUT2D eigenvalue weighted by atomic mass is 9.98. The summed E-state index contributed by atoms with van der Waals surface area (Å²) in [5, 5.41) is 33.9. The first kappa shape index (κ1) is 42.0. The minimum atomic E-state index is 0.404. The summed E-state index contributed by atoms with van der Waals surface area (Å²) in [5.41, 5.74) is 16.7. The number of nitrogens with zero attached hydrogens (tertiary/aromatic N) is 7. The predicted molar refractivity (Wildman–Crippen MR) is 287 cm³/mol. The third-order valence-electron chi connectivity index (χ3n) is 13.4. The second kappa shape index (κ2) is 17.3. The van der Waals surface area contributed by atoms with Gasteiger partial charge in [0.2, 0.25) is 0 Å². The summed E-state index contributed by atoms with van der Waals surface area (Å²) in [6, 6.07) is 83.2. The highest BCUT2D eigenvalue weighted by Gasteiger charge is 2.21. The number of para-hydroxylation sites is 2. The van der Waals surface area contributed by atoms with Crippen molar-refractivity contribution in [3.8, 4) is 63.0 Å². The van der Waals surface area contributed by atoms with Crippen LogP contribution in [0.3, 0.4) is 0 Å². The van der Waals surface area contributed by atoms with Gasteiger partial charge in [0.1, 0.15) is 0 Å². The molecule has 2 aromatic heterocycles. The van der Waals surface area contributed by atoms with Crippen molar-refractivity contribution in [2.45, 2.75) is 0 Å². The number of nitriles is 3. The zero-order valence-corrected chi connectivity index (χ0v) is 38.0. The second-order valence-electron chi connectivity index (χ2n) is 17.5. The molecule has 0 radical (unpaired) electrons. The summed E-state index contributed by atoms with van der Waals surface area (Å²) in [4.78, 5) is 5.97. The Bertz CT molecular complexity index is 3990. The van der Waals surface area contributed by atoms with Gasteiger partial charge in [-0.05, 0) is 130 Å². The van der Waals surface area contributed by atoms with Gasteiger partial charge in [-0.25, -0.2) is 4.85 Å². The zero-order valence-electron chi connectivity index (χ0n) is 38.0. The van der Waals surface area contributed by atoms with Gasteiger partial charge < -0.3 is 14.0 Å². The minimum Gasteiger partial charge on any atom is -0.310 e. The van der Waals surface area contributed by atoms with Crippen LogP contribution in [0.2, 0.25) is 0 Å². The average Bonchev–Trinajstić information content (AvgIpc) is 3.95. The van der Waals surface area contributed by atoms with Crippen molar-refractivity contribution in [3.63, 3.8) is 0 Å². The maximum atomic E-state index is 9.93. The van der Waals surface area contributed by atoms with Gasteiger partial charge in [0.25, 0.3) is 0 Å². The van der Waals surface area contributed by atoms with Crippen LogP contribution in [-0.4, -0.2) is 9.13 Å². The van der Waals surface area contributed by atoms with Gasteiger partial charge in [-0.2, -0.15) is 15.8 Å². The molecule has 0 aliphatic rings. The molecule has 12 aromatic rings. The average molecular weight is 904 g/mol. The predicted octanol–water partition coefficient (Wildman–Crippen LogP) is 16.5. The van der Waals surface area contributed by atoms with Crippen LogP contribution in [0.25, 0.3) is 93.2 Å². The van der Waals surface area contributed by atoms with Crippen LogP contribution in [0.15, 0.2) is 224 Å². The summed E-state index contributed by atoms with van der Waals surface area (Å²) in [6.45, 7) is 7.78. The first-order valence-corrected chi connectivity index (χ1v) is 23.1. The van der Waals surface area contributed by atoms with Crippen molar-refractivity contribution in [2.24, 2.45) is 0 Å². The lowest BCUT2D eigenvalue weighted by molar-refractivity contribution is 1.17. The second-order valence-corrected chi connectivity index (χ2v) is 17.5. The summed E-state index contributed by atoms with van der Waals surface area (Å²) in [7, 11) is 0. The van der Waals surface area contributed by atoms with Crippen LogP contribution < -0.4 is 4.90 Å². The van der Waals surface area contributed by atoms with Crippen molar-refractivity contribution >= 4 is 66.4 Å². The standard InChI is InChI=1S/C64H37N7/c1-68-51-32-44(41-67)35-56(36-51)71-62-14-8-6-12-58(62)60-38-54(28-30-64(60)71)69(53-27-29-63-59(37-53)57-11-5-7-13-61(57)70(63)55-33-42(39-65)31-43(34-55)40-66)52-25-23-50(24-26-52)49-21-19-48(20-22-49)47-17-15-46(16-18-47)45-9-3-2-4-10-45/h2-38H. The molecule has 0 fully saturated rings. The van der Waals surface area contributed by atoms with Gasteiger partial charge in [-0.15, -0.1) is 0 Å². The van der Waals surface area contributed by atoms with E-state index >= 15 is 0 Å². The maximum absolute atomic E-state index is 9.93. The largest absolute Gasteiger partial charge is 0.310 e. The minimum absolute atomic E-state index is 0.404. The lowest BCUT2D eigenvalue weighted by Gasteiger charge is -2.26. The normalized spacial score (nSPS) is 11.0. The number of anilines is 3. The van der Waals surface area contributed by atoms with E-state index in [4.69, 9.17) is 6.57 Å². The van der Waals surface area contributed by atoms with E-state index < -0.39 is 0 Å². The van der Waals surface area contributed by atoms with Crippen molar-refractivity contribution < 1.29 is 0 Å². The van der Waals surface area contributed by atoms with E-state index in [0.717, 1.165) is 94.3 Å². The molecule has 7 nitrogen and oxygen atoms in total.